The molecule has 0 aliphatic rings. The van der Waals surface area contributed by atoms with E-state index >= 15 is 0 Å². The molecule has 3 amide bonds. The van der Waals surface area contributed by atoms with Crippen molar-refractivity contribution >= 4 is 29.7 Å². The molecule has 0 rings (SSSR count). The maximum atomic E-state index is 11.6. The van der Waals surface area contributed by atoms with E-state index in [9.17, 15) is 14.4 Å². The van der Waals surface area contributed by atoms with Gasteiger partial charge in [-0.2, -0.15) is 11.8 Å². The lowest BCUT2D eigenvalue weighted by molar-refractivity contribution is -0.139. The maximum Gasteiger partial charge on any atom is 0.326 e. The van der Waals surface area contributed by atoms with Crippen LogP contribution >= 0.6 is 11.8 Å². The Hall–Kier alpha value is -1.44. The first kappa shape index (κ1) is 18.6. The summed E-state index contributed by atoms with van der Waals surface area (Å²) in [7, 11) is 0. The predicted octanol–water partition coefficient (Wildman–Crippen LogP) is 0.405. The Morgan fingerprint density at radius 3 is 2.15 bits per heavy atom. The van der Waals surface area contributed by atoms with E-state index in [2.05, 4.69) is 16.0 Å². The lowest BCUT2D eigenvalue weighted by Gasteiger charge is -2.19. The second-order valence-corrected chi connectivity index (χ2v) is 5.66. The molecule has 0 saturated carbocycles. The first-order chi connectivity index (χ1) is 9.27. The number of urea groups is 1. The molecule has 1 unspecified atom stereocenters. The molecule has 0 aliphatic heterocycles. The second kappa shape index (κ2) is 9.46. The monoisotopic (exact) mass is 305 g/mol. The largest absolute Gasteiger partial charge is 0.480 e. The van der Waals surface area contributed by atoms with Crippen LogP contribution in [0.3, 0.4) is 0 Å². The third-order valence-corrected chi connectivity index (χ3v) is 3.03. The van der Waals surface area contributed by atoms with Gasteiger partial charge in [-0.05, 0) is 39.2 Å². The van der Waals surface area contributed by atoms with E-state index in [1.165, 1.54) is 18.7 Å². The minimum absolute atomic E-state index is 0.0249. The zero-order valence-electron chi connectivity index (χ0n) is 12.2. The van der Waals surface area contributed by atoms with Gasteiger partial charge in [0.05, 0.1) is 0 Å². The standard InChI is InChI=1S/C12H23N3O4S/c1-7(2)13-10(16)8(3)14-12(19)15-9(11(17)18)5-6-20-4/h7-9H,5-6H2,1-4H3,(H,13,16)(H,17,18)(H2,14,15,19)/t8?,9-/m1/s1. The Morgan fingerprint density at radius 2 is 1.70 bits per heavy atom. The molecular formula is C12H23N3O4S. The quantitative estimate of drug-likeness (QED) is 0.519. The van der Waals surface area contributed by atoms with Gasteiger partial charge < -0.3 is 21.1 Å². The third kappa shape index (κ3) is 7.88. The number of carbonyl (C=O) groups is 3. The van der Waals surface area contributed by atoms with Gasteiger partial charge in [0.1, 0.15) is 12.1 Å². The highest BCUT2D eigenvalue weighted by Gasteiger charge is 2.22. The summed E-state index contributed by atoms with van der Waals surface area (Å²) < 4.78 is 0. The lowest BCUT2D eigenvalue weighted by atomic mass is 10.2. The normalized spacial score (nSPS) is 13.4. The first-order valence-electron chi connectivity index (χ1n) is 6.37. The highest BCUT2D eigenvalue weighted by Crippen LogP contribution is 2.01. The van der Waals surface area contributed by atoms with Crippen molar-refractivity contribution in [2.45, 2.75) is 45.3 Å². The van der Waals surface area contributed by atoms with E-state index in [4.69, 9.17) is 5.11 Å². The van der Waals surface area contributed by atoms with Gasteiger partial charge in [0.2, 0.25) is 5.91 Å². The molecule has 116 valence electrons. The van der Waals surface area contributed by atoms with Crippen LogP contribution in [0.5, 0.6) is 0 Å². The number of hydrogen-bond acceptors (Lipinski definition) is 4. The SMILES string of the molecule is CSCC[C@@H](NC(=O)NC(C)C(=O)NC(C)C)C(=O)O. The molecule has 0 radical (unpaired) electrons. The second-order valence-electron chi connectivity index (χ2n) is 4.68. The molecular weight excluding hydrogens is 282 g/mol. The lowest BCUT2D eigenvalue weighted by Crippen LogP contribution is -2.53. The summed E-state index contributed by atoms with van der Waals surface area (Å²) in [6, 6.07) is -2.37. The first-order valence-corrected chi connectivity index (χ1v) is 7.76. The highest BCUT2D eigenvalue weighted by atomic mass is 32.2. The molecule has 2 atom stereocenters. The van der Waals surface area contributed by atoms with Gasteiger partial charge in [-0.25, -0.2) is 9.59 Å². The molecule has 0 fully saturated rings. The minimum atomic E-state index is -1.09. The van der Waals surface area contributed by atoms with E-state index in [0.717, 1.165) is 0 Å². The van der Waals surface area contributed by atoms with Gasteiger partial charge in [0.15, 0.2) is 0 Å². The third-order valence-electron chi connectivity index (χ3n) is 2.39. The number of nitrogens with one attached hydrogen (secondary N) is 3. The summed E-state index contributed by atoms with van der Waals surface area (Å²) in [5.74, 6) is -0.777. The van der Waals surface area contributed by atoms with Crippen molar-refractivity contribution in [3.05, 3.63) is 0 Å². The van der Waals surface area contributed by atoms with Crippen molar-refractivity contribution in [2.75, 3.05) is 12.0 Å². The number of hydrogen-bond donors (Lipinski definition) is 4. The zero-order valence-corrected chi connectivity index (χ0v) is 13.0. The van der Waals surface area contributed by atoms with Crippen LogP contribution in [0.1, 0.15) is 27.2 Å². The summed E-state index contributed by atoms with van der Waals surface area (Å²) in [6.07, 6.45) is 2.19. The molecule has 0 aromatic rings. The molecule has 0 heterocycles. The molecule has 0 spiro atoms. The van der Waals surface area contributed by atoms with Gasteiger partial charge in [0, 0.05) is 6.04 Å². The molecule has 20 heavy (non-hydrogen) atoms. The molecule has 4 N–H and O–H groups in total. The van der Waals surface area contributed by atoms with Crippen LogP contribution in [-0.4, -0.2) is 53.1 Å². The van der Waals surface area contributed by atoms with E-state index in [1.807, 2.05) is 20.1 Å². The summed E-state index contributed by atoms with van der Waals surface area (Å²) in [6.45, 7) is 5.16. The molecule has 0 aromatic carbocycles. The smallest absolute Gasteiger partial charge is 0.326 e. The van der Waals surface area contributed by atoms with Crippen molar-refractivity contribution in [2.24, 2.45) is 0 Å². The molecule has 0 bridgehead atoms. The van der Waals surface area contributed by atoms with Crippen molar-refractivity contribution in [1.82, 2.24) is 16.0 Å². The maximum absolute atomic E-state index is 11.6. The van der Waals surface area contributed by atoms with E-state index in [1.54, 1.807) is 0 Å². The van der Waals surface area contributed by atoms with Crippen LogP contribution in [0.15, 0.2) is 0 Å². The number of carbonyl (C=O) groups excluding carboxylic acids is 2. The molecule has 0 aromatic heterocycles. The van der Waals surface area contributed by atoms with Gasteiger partial charge in [-0.15, -0.1) is 0 Å². The Bertz CT molecular complexity index is 350. The van der Waals surface area contributed by atoms with Gasteiger partial charge in [-0.3, -0.25) is 4.79 Å². The van der Waals surface area contributed by atoms with Crippen molar-refractivity contribution in [3.63, 3.8) is 0 Å². The fraction of sp³-hybridized carbons (Fsp3) is 0.750. The van der Waals surface area contributed by atoms with Crippen LogP contribution in [0.25, 0.3) is 0 Å². The molecule has 0 saturated heterocycles. The van der Waals surface area contributed by atoms with Crippen molar-refractivity contribution in [1.29, 1.82) is 0 Å². The molecule has 7 nitrogen and oxygen atoms in total. The minimum Gasteiger partial charge on any atom is -0.480 e. The van der Waals surface area contributed by atoms with Crippen LogP contribution < -0.4 is 16.0 Å². The van der Waals surface area contributed by atoms with Crippen LogP contribution in [0.4, 0.5) is 4.79 Å². The molecule has 0 aliphatic carbocycles. The Kier molecular flexibility index (Phi) is 8.78. The van der Waals surface area contributed by atoms with Crippen molar-refractivity contribution in [3.8, 4) is 0 Å². The van der Waals surface area contributed by atoms with Crippen molar-refractivity contribution < 1.29 is 19.5 Å². The fourth-order valence-electron chi connectivity index (χ4n) is 1.36. The van der Waals surface area contributed by atoms with Gasteiger partial charge in [0.25, 0.3) is 0 Å². The van der Waals surface area contributed by atoms with Crippen LogP contribution in [0, 0.1) is 0 Å². The summed E-state index contributed by atoms with van der Waals surface area (Å²) in [4.78, 5) is 34.2. The van der Waals surface area contributed by atoms with E-state index in [0.29, 0.717) is 12.2 Å². The number of thioether (sulfide) groups is 1. The number of amides is 3. The average molecular weight is 305 g/mol. The average Bonchev–Trinajstić information content (AvgIpc) is 2.32. The van der Waals surface area contributed by atoms with Crippen LogP contribution in [0.2, 0.25) is 0 Å². The van der Waals surface area contributed by atoms with E-state index < -0.39 is 24.1 Å². The number of aliphatic carboxylic acids is 1. The van der Waals surface area contributed by atoms with Gasteiger partial charge in [-0.1, -0.05) is 0 Å². The Morgan fingerprint density at radius 1 is 1.10 bits per heavy atom. The number of carboxylic acids is 1. The van der Waals surface area contributed by atoms with Gasteiger partial charge >= 0.3 is 12.0 Å². The summed E-state index contributed by atoms with van der Waals surface area (Å²) in [5.41, 5.74) is 0. The molecule has 8 heteroatoms. The topological polar surface area (TPSA) is 108 Å². The highest BCUT2D eigenvalue weighted by molar-refractivity contribution is 7.98. The Balaban J connectivity index is 4.30. The summed E-state index contributed by atoms with van der Waals surface area (Å²) >= 11 is 1.50. The predicted molar refractivity (Wildman–Crippen MR) is 78.8 cm³/mol. The zero-order chi connectivity index (χ0) is 15.7. The van der Waals surface area contributed by atoms with Crippen LogP contribution in [-0.2, 0) is 9.59 Å². The number of carboxylic acid groups (broad SMARTS) is 1. The summed E-state index contributed by atoms with van der Waals surface area (Å²) in [5, 5.41) is 16.4. The number of rotatable bonds is 8. The Labute approximate surface area is 123 Å². The fourth-order valence-corrected chi connectivity index (χ4v) is 1.84. The van der Waals surface area contributed by atoms with E-state index in [-0.39, 0.29) is 11.9 Å².